The van der Waals surface area contributed by atoms with Crippen LogP contribution in [0.1, 0.15) is 54.7 Å². The van der Waals surface area contributed by atoms with Gasteiger partial charge in [-0.15, -0.1) is 0 Å². The lowest BCUT2D eigenvalue weighted by atomic mass is 10.0. The summed E-state index contributed by atoms with van der Waals surface area (Å²) in [6, 6.07) is 3.42. The molecular weight excluding hydrogens is 380 g/mol. The summed E-state index contributed by atoms with van der Waals surface area (Å²) in [5.74, 6) is -2.55. The predicted octanol–water partition coefficient (Wildman–Crippen LogP) is 0.852. The maximum atomic E-state index is 12.9. The fourth-order valence-electron chi connectivity index (χ4n) is 3.31. The summed E-state index contributed by atoms with van der Waals surface area (Å²) in [7, 11) is 0. The molecule has 2 aliphatic heterocycles. The number of imide groups is 2. The van der Waals surface area contributed by atoms with Gasteiger partial charge in [-0.25, -0.2) is 0 Å². The van der Waals surface area contributed by atoms with Crippen LogP contribution in [0.4, 0.5) is 0 Å². The number of carbonyl (C=O) groups is 5. The third-order valence-corrected chi connectivity index (χ3v) is 4.71. The maximum Gasteiger partial charge on any atom is 0.266 e. The van der Waals surface area contributed by atoms with Gasteiger partial charge < -0.3 is 9.47 Å². The van der Waals surface area contributed by atoms with E-state index in [0.717, 1.165) is 4.90 Å². The van der Waals surface area contributed by atoms with Crippen LogP contribution in [0, 0.1) is 0 Å². The highest BCUT2D eigenvalue weighted by molar-refractivity contribution is 6.24. The lowest BCUT2D eigenvalue weighted by molar-refractivity contribution is -0.136. The summed E-state index contributed by atoms with van der Waals surface area (Å²) in [6.07, 6.45) is 0.818. The van der Waals surface area contributed by atoms with Crippen molar-refractivity contribution in [3.8, 4) is 5.75 Å². The standard InChI is InChI=1S/C20H22N2O7/c1-2-28-10-4-5-12(23)11-29-15-7-3-6-13-17(15)20(27)22(19(13)26)14-8-9-16(24)21-18(14)25/h3,6-7,14H,2,4-5,8-11H2,1H3,(H,21,24,25)/i1T. The van der Waals surface area contributed by atoms with E-state index in [-0.39, 0.29) is 55.4 Å². The highest BCUT2D eigenvalue weighted by atomic mass is 16.5. The molecule has 2 heterocycles. The number of fused-ring (bicyclic) bond motifs is 1. The van der Waals surface area contributed by atoms with Crippen molar-refractivity contribution in [3.05, 3.63) is 29.3 Å². The molecule has 3 rings (SSSR count). The Labute approximate surface area is 168 Å². The molecule has 1 aromatic carbocycles. The van der Waals surface area contributed by atoms with E-state index in [1.807, 2.05) is 0 Å². The molecule has 2 aliphatic rings. The molecule has 4 amide bonds. The molecule has 1 N–H and O–H groups in total. The van der Waals surface area contributed by atoms with Crippen LogP contribution >= 0.6 is 0 Å². The summed E-state index contributed by atoms with van der Waals surface area (Å²) < 4.78 is 17.6. The first-order valence-corrected chi connectivity index (χ1v) is 9.30. The average Bonchev–Trinajstić information content (AvgIpc) is 2.97. The number of hydrogen-bond acceptors (Lipinski definition) is 7. The van der Waals surface area contributed by atoms with E-state index >= 15 is 0 Å². The minimum atomic E-state index is -1.06. The van der Waals surface area contributed by atoms with Crippen LogP contribution in [-0.2, 0) is 19.1 Å². The fourth-order valence-corrected chi connectivity index (χ4v) is 3.31. The number of Topliss-reactive ketones (excluding diaryl/α,β-unsaturated/α-hetero) is 1. The Morgan fingerprint density at radius 3 is 2.86 bits per heavy atom. The molecule has 29 heavy (non-hydrogen) atoms. The number of nitrogens with zero attached hydrogens (tertiary/aromatic N) is 1. The minimum Gasteiger partial charge on any atom is -0.485 e. The van der Waals surface area contributed by atoms with Crippen molar-refractivity contribution in [2.45, 2.75) is 38.6 Å². The van der Waals surface area contributed by atoms with E-state index in [1.54, 1.807) is 0 Å². The molecule has 1 saturated heterocycles. The van der Waals surface area contributed by atoms with Gasteiger partial charge in [0, 0.05) is 27.4 Å². The molecule has 1 aromatic rings. The van der Waals surface area contributed by atoms with E-state index in [0.29, 0.717) is 19.6 Å². The summed E-state index contributed by atoms with van der Waals surface area (Å²) in [4.78, 5) is 62.0. The molecule has 0 bridgehead atoms. The van der Waals surface area contributed by atoms with Crippen LogP contribution < -0.4 is 10.1 Å². The van der Waals surface area contributed by atoms with Crippen molar-refractivity contribution in [2.24, 2.45) is 0 Å². The Balaban J connectivity index is 1.66. The van der Waals surface area contributed by atoms with Crippen LogP contribution in [0.5, 0.6) is 5.75 Å². The number of rotatable bonds is 9. The van der Waals surface area contributed by atoms with Crippen molar-refractivity contribution in [2.75, 3.05) is 19.8 Å². The van der Waals surface area contributed by atoms with Gasteiger partial charge in [-0.3, -0.25) is 34.2 Å². The normalized spacial score (nSPS) is 19.1. The number of amides is 4. The van der Waals surface area contributed by atoms with Gasteiger partial charge in [0.05, 0.1) is 11.1 Å². The number of ketones is 1. The number of carbonyl (C=O) groups excluding carboxylic acids is 5. The molecule has 0 radical (unpaired) electrons. The molecule has 9 heteroatoms. The van der Waals surface area contributed by atoms with E-state index in [1.165, 1.54) is 18.2 Å². The Morgan fingerprint density at radius 1 is 1.28 bits per heavy atom. The lowest BCUT2D eigenvalue weighted by Crippen LogP contribution is -2.54. The third kappa shape index (κ3) is 4.34. The summed E-state index contributed by atoms with van der Waals surface area (Å²) in [6.45, 7) is 0.591. The van der Waals surface area contributed by atoms with Crippen LogP contribution in [0.25, 0.3) is 0 Å². The van der Waals surface area contributed by atoms with Crippen LogP contribution in [0.3, 0.4) is 0 Å². The largest absolute Gasteiger partial charge is 0.485 e. The SMILES string of the molecule is [3H]CCOCCCC(=O)COc1cccc2c1C(=O)N(C1CCC(=O)NC1=O)C2=O. The highest BCUT2D eigenvalue weighted by Gasteiger charge is 2.46. The average molecular weight is 404 g/mol. The van der Waals surface area contributed by atoms with Gasteiger partial charge in [-0.2, -0.15) is 0 Å². The molecule has 0 aromatic heterocycles. The number of benzene rings is 1. The first kappa shape index (κ1) is 19.3. The monoisotopic (exact) mass is 404 g/mol. The quantitative estimate of drug-likeness (QED) is 0.479. The number of ether oxygens (including phenoxy) is 2. The zero-order valence-electron chi connectivity index (χ0n) is 16.8. The molecule has 1 atom stereocenters. The van der Waals surface area contributed by atoms with Crippen LogP contribution in [-0.4, -0.2) is 60.2 Å². The molecule has 0 saturated carbocycles. The second-order valence-corrected chi connectivity index (χ2v) is 6.67. The van der Waals surface area contributed by atoms with Gasteiger partial charge in [0.2, 0.25) is 11.8 Å². The first-order chi connectivity index (χ1) is 14.4. The van der Waals surface area contributed by atoms with Gasteiger partial charge in [-0.1, -0.05) is 6.07 Å². The van der Waals surface area contributed by atoms with Crippen molar-refractivity contribution in [1.29, 1.82) is 0 Å². The first-order valence-electron chi connectivity index (χ1n) is 10.0. The van der Waals surface area contributed by atoms with Crippen molar-refractivity contribution in [1.82, 2.24) is 10.2 Å². The second-order valence-electron chi connectivity index (χ2n) is 6.67. The Hall–Kier alpha value is -3.07. The number of nitrogens with one attached hydrogen (secondary N) is 1. The van der Waals surface area contributed by atoms with E-state index < -0.39 is 29.7 Å². The molecule has 0 aliphatic carbocycles. The Kier molecular flexibility index (Phi) is 5.95. The summed E-state index contributed by atoms with van der Waals surface area (Å²) in [5, 5.41) is 2.14. The van der Waals surface area contributed by atoms with Gasteiger partial charge in [-0.05, 0) is 31.9 Å². The fraction of sp³-hybridized carbons (Fsp3) is 0.450. The molecule has 1 unspecified atom stereocenters. The van der Waals surface area contributed by atoms with E-state index in [9.17, 15) is 24.0 Å². The molecule has 154 valence electrons. The summed E-state index contributed by atoms with van der Waals surface area (Å²) >= 11 is 0. The minimum absolute atomic E-state index is 0.0128. The van der Waals surface area contributed by atoms with Gasteiger partial charge in [0.25, 0.3) is 11.8 Å². The number of piperidine rings is 1. The van der Waals surface area contributed by atoms with E-state index in [2.05, 4.69) is 5.32 Å². The zero-order chi connectivity index (χ0) is 21.7. The van der Waals surface area contributed by atoms with E-state index in [4.69, 9.17) is 10.8 Å². The Bertz CT molecular complexity index is 886. The molecule has 9 nitrogen and oxygen atoms in total. The van der Waals surface area contributed by atoms with Gasteiger partial charge in [0.15, 0.2) is 5.78 Å². The number of hydrogen-bond donors (Lipinski definition) is 1. The molecular formula is C20H22N2O7. The second kappa shape index (κ2) is 8.95. The Morgan fingerprint density at radius 2 is 2.10 bits per heavy atom. The highest BCUT2D eigenvalue weighted by Crippen LogP contribution is 2.33. The van der Waals surface area contributed by atoms with Crippen LogP contribution in [0.15, 0.2) is 18.2 Å². The lowest BCUT2D eigenvalue weighted by Gasteiger charge is -2.27. The zero-order valence-corrected chi connectivity index (χ0v) is 15.8. The maximum absolute atomic E-state index is 12.9. The topological polar surface area (TPSA) is 119 Å². The third-order valence-electron chi connectivity index (χ3n) is 4.71. The molecule has 1 fully saturated rings. The van der Waals surface area contributed by atoms with Crippen molar-refractivity contribution in [3.63, 3.8) is 0 Å². The van der Waals surface area contributed by atoms with Crippen molar-refractivity contribution >= 4 is 29.4 Å². The summed E-state index contributed by atoms with van der Waals surface area (Å²) in [5.41, 5.74) is 0.109. The van der Waals surface area contributed by atoms with Gasteiger partial charge >= 0.3 is 0 Å². The predicted molar refractivity (Wildman–Crippen MR) is 99.3 cm³/mol. The van der Waals surface area contributed by atoms with Crippen molar-refractivity contribution < 1.29 is 34.8 Å². The molecule has 0 spiro atoms. The van der Waals surface area contributed by atoms with Gasteiger partial charge in [0.1, 0.15) is 18.4 Å². The smallest absolute Gasteiger partial charge is 0.266 e. The van der Waals surface area contributed by atoms with Crippen LogP contribution in [0.2, 0.25) is 0 Å².